The van der Waals surface area contributed by atoms with Gasteiger partial charge in [-0.25, -0.2) is 0 Å². The fourth-order valence-corrected chi connectivity index (χ4v) is 4.18. The number of rotatable bonds is 5. The van der Waals surface area contributed by atoms with Crippen molar-refractivity contribution in [2.75, 3.05) is 14.2 Å². The monoisotopic (exact) mass is 284 g/mol. The average Bonchev–Trinajstić information content (AvgIpc) is 2.34. The van der Waals surface area contributed by atoms with Gasteiger partial charge < -0.3 is 19.7 Å². The molecule has 19 heavy (non-hydrogen) atoms. The summed E-state index contributed by atoms with van der Waals surface area (Å²) in [6.07, 6.45) is -1.78. The van der Waals surface area contributed by atoms with Crippen LogP contribution in [0.3, 0.4) is 0 Å². The van der Waals surface area contributed by atoms with Crippen molar-refractivity contribution < 1.29 is 19.7 Å². The number of methoxy groups -OCH3 is 2. The number of aliphatic hydroxyl groups is 2. The minimum atomic E-state index is -1.74. The molecule has 0 spiro atoms. The summed E-state index contributed by atoms with van der Waals surface area (Å²) < 4.78 is 10.7. The van der Waals surface area contributed by atoms with E-state index in [1.807, 2.05) is 6.07 Å². The van der Waals surface area contributed by atoms with Gasteiger partial charge >= 0.3 is 0 Å². The van der Waals surface area contributed by atoms with Crippen LogP contribution in [-0.4, -0.2) is 38.6 Å². The van der Waals surface area contributed by atoms with Crippen LogP contribution in [-0.2, 0) is 0 Å². The molecule has 0 fully saturated rings. The Kier molecular flexibility index (Phi) is 5.01. The lowest BCUT2D eigenvalue weighted by molar-refractivity contribution is 0.0309. The Balaban J connectivity index is 3.55. The Morgan fingerprint density at radius 3 is 2.00 bits per heavy atom. The summed E-state index contributed by atoms with van der Waals surface area (Å²) in [7, 11) is 1.44. The van der Waals surface area contributed by atoms with Crippen LogP contribution >= 0.6 is 0 Å². The van der Waals surface area contributed by atoms with E-state index < -0.39 is 20.3 Å². The van der Waals surface area contributed by atoms with Crippen molar-refractivity contribution in [3.8, 4) is 11.5 Å². The maximum atomic E-state index is 10.2. The molecule has 0 bridgehead atoms. The first kappa shape index (κ1) is 16.0. The van der Waals surface area contributed by atoms with Gasteiger partial charge in [-0.1, -0.05) is 19.6 Å². The van der Waals surface area contributed by atoms with Crippen molar-refractivity contribution in [1.29, 1.82) is 0 Å². The van der Waals surface area contributed by atoms with Crippen molar-refractivity contribution >= 4 is 13.3 Å². The van der Waals surface area contributed by atoms with Gasteiger partial charge in [0, 0.05) is 6.07 Å². The van der Waals surface area contributed by atoms with Crippen molar-refractivity contribution in [1.82, 2.24) is 0 Å². The molecule has 0 aromatic heterocycles. The Hall–Kier alpha value is -1.04. The molecule has 1 aromatic carbocycles. The van der Waals surface area contributed by atoms with Gasteiger partial charge in [0.25, 0.3) is 0 Å². The van der Waals surface area contributed by atoms with E-state index in [9.17, 15) is 10.2 Å². The molecule has 0 aliphatic rings. The number of benzene rings is 1. The van der Waals surface area contributed by atoms with E-state index in [-0.39, 0.29) is 0 Å². The maximum absolute atomic E-state index is 10.2. The van der Waals surface area contributed by atoms with Gasteiger partial charge in [-0.15, -0.1) is 0 Å². The standard InChI is InChI=1S/C14H24O4Si/c1-9(15)13(16)11-7-10(17-2)8-12(18-3)14(11)19(4,5)6/h7-9,13,15-16H,1-6H3/t9-,13+/m0/s1. The van der Waals surface area contributed by atoms with Crippen LogP contribution in [0.4, 0.5) is 0 Å². The maximum Gasteiger partial charge on any atom is 0.122 e. The normalized spacial score (nSPS) is 14.9. The molecule has 108 valence electrons. The fraction of sp³-hybridized carbons (Fsp3) is 0.571. The average molecular weight is 284 g/mol. The highest BCUT2D eigenvalue weighted by atomic mass is 28.3. The Morgan fingerprint density at radius 1 is 1.05 bits per heavy atom. The van der Waals surface area contributed by atoms with Crippen molar-refractivity contribution in [2.45, 2.75) is 38.8 Å². The summed E-state index contributed by atoms with van der Waals surface area (Å²) in [4.78, 5) is 0. The van der Waals surface area contributed by atoms with E-state index in [1.54, 1.807) is 27.2 Å². The summed E-state index contributed by atoms with van der Waals surface area (Å²) in [5.41, 5.74) is 0.699. The first-order chi connectivity index (χ1) is 8.72. The number of hydrogen-bond acceptors (Lipinski definition) is 4. The lowest BCUT2D eigenvalue weighted by atomic mass is 10.0. The summed E-state index contributed by atoms with van der Waals surface area (Å²) in [6.45, 7) is 8.10. The number of ether oxygens (including phenoxy) is 2. The lowest BCUT2D eigenvalue weighted by Gasteiger charge is -2.28. The topological polar surface area (TPSA) is 58.9 Å². The molecular weight excluding hydrogens is 260 g/mol. The van der Waals surface area contributed by atoms with Gasteiger partial charge in [0.1, 0.15) is 17.6 Å². The fourth-order valence-electron chi connectivity index (χ4n) is 2.19. The SMILES string of the molecule is COc1cc(OC)c([Si](C)(C)C)c([C@H](O)[C@H](C)O)c1. The molecule has 5 heteroatoms. The highest BCUT2D eigenvalue weighted by Gasteiger charge is 2.30. The third kappa shape index (κ3) is 3.49. The molecule has 2 N–H and O–H groups in total. The van der Waals surface area contributed by atoms with E-state index in [1.165, 1.54) is 0 Å². The van der Waals surface area contributed by atoms with Crippen LogP contribution in [0, 0.1) is 0 Å². The molecule has 0 saturated carbocycles. The lowest BCUT2D eigenvalue weighted by Crippen LogP contribution is -2.42. The summed E-state index contributed by atoms with van der Waals surface area (Å²) in [5, 5.41) is 20.9. The molecule has 0 aliphatic carbocycles. The van der Waals surface area contributed by atoms with E-state index in [0.717, 1.165) is 5.19 Å². The summed E-state index contributed by atoms with van der Waals surface area (Å²) in [6, 6.07) is 3.61. The van der Waals surface area contributed by atoms with E-state index in [4.69, 9.17) is 9.47 Å². The van der Waals surface area contributed by atoms with Gasteiger partial charge in [0.2, 0.25) is 0 Å². The quantitative estimate of drug-likeness (QED) is 0.808. The van der Waals surface area contributed by atoms with Crippen LogP contribution in [0.15, 0.2) is 12.1 Å². The van der Waals surface area contributed by atoms with Crippen LogP contribution in [0.1, 0.15) is 18.6 Å². The highest BCUT2D eigenvalue weighted by molar-refractivity contribution is 6.89. The summed E-state index contributed by atoms with van der Waals surface area (Å²) in [5.74, 6) is 1.33. The minimum absolute atomic E-state index is 0.619. The van der Waals surface area contributed by atoms with Crippen LogP contribution in [0.2, 0.25) is 19.6 Å². The van der Waals surface area contributed by atoms with Crippen LogP contribution < -0.4 is 14.7 Å². The smallest absolute Gasteiger partial charge is 0.122 e. The molecule has 0 aliphatic heterocycles. The van der Waals surface area contributed by atoms with E-state index in [2.05, 4.69) is 19.6 Å². The molecule has 0 amide bonds. The molecule has 1 rings (SSSR count). The third-order valence-electron chi connectivity index (χ3n) is 3.09. The first-order valence-electron chi connectivity index (χ1n) is 6.35. The molecular formula is C14H24O4Si. The molecule has 1 aromatic rings. The zero-order chi connectivity index (χ0) is 14.8. The first-order valence-corrected chi connectivity index (χ1v) is 9.85. The number of hydrogen-bond donors (Lipinski definition) is 2. The summed E-state index contributed by atoms with van der Waals surface area (Å²) >= 11 is 0. The predicted octanol–water partition coefficient (Wildman–Crippen LogP) is 1.66. The van der Waals surface area contributed by atoms with Crippen molar-refractivity contribution in [3.63, 3.8) is 0 Å². The Labute approximate surface area is 116 Å². The van der Waals surface area contributed by atoms with E-state index in [0.29, 0.717) is 17.1 Å². The van der Waals surface area contributed by atoms with E-state index >= 15 is 0 Å². The zero-order valence-corrected chi connectivity index (χ0v) is 13.5. The van der Waals surface area contributed by atoms with Gasteiger partial charge in [-0.2, -0.15) is 0 Å². The van der Waals surface area contributed by atoms with Crippen molar-refractivity contribution in [3.05, 3.63) is 17.7 Å². The van der Waals surface area contributed by atoms with Crippen LogP contribution in [0.25, 0.3) is 0 Å². The zero-order valence-electron chi connectivity index (χ0n) is 12.5. The minimum Gasteiger partial charge on any atom is -0.497 e. The molecule has 4 nitrogen and oxygen atoms in total. The highest BCUT2D eigenvalue weighted by Crippen LogP contribution is 2.29. The second-order valence-electron chi connectivity index (χ2n) is 5.73. The second kappa shape index (κ2) is 5.94. The van der Waals surface area contributed by atoms with Gasteiger partial charge in [-0.3, -0.25) is 0 Å². The number of aliphatic hydroxyl groups excluding tert-OH is 2. The molecule has 0 unspecified atom stereocenters. The Bertz CT molecular complexity index is 438. The van der Waals surface area contributed by atoms with Crippen LogP contribution in [0.5, 0.6) is 11.5 Å². The molecule has 0 saturated heterocycles. The predicted molar refractivity (Wildman–Crippen MR) is 79.2 cm³/mol. The largest absolute Gasteiger partial charge is 0.497 e. The van der Waals surface area contributed by atoms with Gasteiger partial charge in [-0.05, 0) is 23.7 Å². The molecule has 0 heterocycles. The Morgan fingerprint density at radius 2 is 1.63 bits per heavy atom. The van der Waals surface area contributed by atoms with Gasteiger partial charge in [0.15, 0.2) is 0 Å². The third-order valence-corrected chi connectivity index (χ3v) is 5.12. The second-order valence-corrected chi connectivity index (χ2v) is 10.7. The molecule has 0 radical (unpaired) electrons. The van der Waals surface area contributed by atoms with Gasteiger partial charge in [0.05, 0.1) is 28.4 Å². The molecule has 2 atom stereocenters. The van der Waals surface area contributed by atoms with Crippen molar-refractivity contribution in [2.24, 2.45) is 0 Å².